The molecule has 0 saturated heterocycles. The maximum Gasteiger partial charge on any atom is 0.279 e. The minimum atomic E-state index is -5.05. The zero-order valence-corrected chi connectivity index (χ0v) is 24.4. The first kappa shape index (κ1) is 30.8. The molecule has 1 aliphatic heterocycles. The van der Waals surface area contributed by atoms with Crippen molar-refractivity contribution >= 4 is 42.8 Å². The molecule has 0 spiro atoms. The van der Waals surface area contributed by atoms with Crippen LogP contribution >= 0.6 is 0 Å². The third kappa shape index (κ3) is 5.03. The number of nitro groups is 4. The first-order valence-corrected chi connectivity index (χ1v) is 15.4. The van der Waals surface area contributed by atoms with Crippen molar-refractivity contribution in [3.8, 4) is 33.4 Å². The minimum Gasteiger partial charge on any atom is -0.258 e. The fourth-order valence-corrected chi connectivity index (χ4v) is 8.91. The Hall–Kier alpha value is -5.66. The number of hydrogen-bond donors (Lipinski definition) is 1. The summed E-state index contributed by atoms with van der Waals surface area (Å²) >= 11 is 0. The molecule has 0 atom stereocenters. The summed E-state index contributed by atoms with van der Waals surface area (Å²) in [5.41, 5.74) is -4.97. The van der Waals surface area contributed by atoms with Crippen LogP contribution in [0.2, 0.25) is 0 Å². The largest absolute Gasteiger partial charge is 0.279 e. The van der Waals surface area contributed by atoms with E-state index < -0.39 is 72.3 Å². The molecule has 45 heavy (non-hydrogen) atoms. The Kier molecular flexibility index (Phi) is 7.19. The lowest BCUT2D eigenvalue weighted by molar-refractivity contribution is -0.395. The van der Waals surface area contributed by atoms with Crippen molar-refractivity contribution in [2.45, 2.75) is 23.6 Å². The SMILES string of the molecule is Cc1c([N+](=O)[O-])cc(-c2cccc3c2S(=O)(=O)NS(=O)(=O)c2c(-c4cc([N+](=O)[O-])c(C)c([N+](=O)[O-])c4)cccc2-3)cc1[N+](=O)[O-]. The van der Waals surface area contributed by atoms with Gasteiger partial charge in [-0.3, -0.25) is 40.5 Å². The Balaban J connectivity index is 1.90. The van der Waals surface area contributed by atoms with Crippen molar-refractivity contribution in [1.29, 1.82) is 0 Å². The van der Waals surface area contributed by atoms with E-state index in [0.717, 1.165) is 38.1 Å². The maximum atomic E-state index is 13.7. The van der Waals surface area contributed by atoms with Gasteiger partial charge in [-0.05, 0) is 25.0 Å². The number of benzene rings is 4. The van der Waals surface area contributed by atoms with Gasteiger partial charge in [0.2, 0.25) is 0 Å². The molecule has 0 aliphatic carbocycles. The fourth-order valence-electron chi connectivity index (χ4n) is 5.20. The average molecular weight is 656 g/mol. The maximum absolute atomic E-state index is 13.7. The highest BCUT2D eigenvalue weighted by Crippen LogP contribution is 2.46. The van der Waals surface area contributed by atoms with Crippen molar-refractivity contribution in [3.05, 3.63) is 112 Å². The monoisotopic (exact) mass is 655 g/mol. The molecule has 0 aromatic heterocycles. The molecule has 4 aromatic rings. The van der Waals surface area contributed by atoms with Crippen molar-refractivity contribution in [2.75, 3.05) is 0 Å². The van der Waals surface area contributed by atoms with Gasteiger partial charge < -0.3 is 0 Å². The summed E-state index contributed by atoms with van der Waals surface area (Å²) in [5.74, 6) is 0. The molecule has 5 rings (SSSR count). The lowest BCUT2D eigenvalue weighted by Gasteiger charge is -2.14. The molecule has 0 bridgehead atoms. The second-order valence-corrected chi connectivity index (χ2v) is 13.3. The molecule has 0 radical (unpaired) electrons. The Morgan fingerprint density at radius 1 is 0.511 bits per heavy atom. The highest BCUT2D eigenvalue weighted by molar-refractivity contribution is 8.05. The van der Waals surface area contributed by atoms with E-state index in [9.17, 15) is 57.3 Å². The van der Waals surface area contributed by atoms with E-state index in [2.05, 4.69) is 0 Å². The summed E-state index contributed by atoms with van der Waals surface area (Å²) in [6, 6.07) is 11.1. The van der Waals surface area contributed by atoms with Gasteiger partial charge in [0.15, 0.2) is 0 Å². The number of fused-ring (bicyclic) bond motifs is 3. The van der Waals surface area contributed by atoms with Gasteiger partial charge in [0, 0.05) is 46.5 Å². The second kappa shape index (κ2) is 10.5. The molecular weight excluding hydrogens is 638 g/mol. The predicted octanol–water partition coefficient (Wildman–Crippen LogP) is 4.92. The summed E-state index contributed by atoms with van der Waals surface area (Å²) in [4.78, 5) is 42.0. The van der Waals surface area contributed by atoms with Crippen LogP contribution in [-0.4, -0.2) is 36.5 Å². The summed E-state index contributed by atoms with van der Waals surface area (Å²) in [7, 11) is -10.1. The summed E-state index contributed by atoms with van der Waals surface area (Å²) < 4.78 is 56.5. The summed E-state index contributed by atoms with van der Waals surface area (Å²) in [6.45, 7) is 2.29. The highest BCUT2D eigenvalue weighted by Gasteiger charge is 2.39. The number of sulfonamides is 2. The van der Waals surface area contributed by atoms with Crippen LogP contribution in [0.3, 0.4) is 0 Å². The number of nitrogens with zero attached hydrogens (tertiary/aromatic N) is 4. The van der Waals surface area contributed by atoms with Crippen LogP contribution < -0.4 is 4.13 Å². The normalized spacial score (nSPS) is 14.4. The van der Waals surface area contributed by atoms with E-state index in [1.807, 2.05) is 0 Å². The number of nitrogens with one attached hydrogen (secondary N) is 1. The van der Waals surface area contributed by atoms with E-state index in [-0.39, 0.29) is 44.5 Å². The fraction of sp³-hybridized carbons (Fsp3) is 0.0769. The molecule has 0 fully saturated rings. The Bertz CT molecular complexity index is 2040. The third-order valence-corrected chi connectivity index (χ3v) is 10.9. The van der Waals surface area contributed by atoms with Crippen LogP contribution in [0.1, 0.15) is 11.1 Å². The smallest absolute Gasteiger partial charge is 0.258 e. The summed E-state index contributed by atoms with van der Waals surface area (Å²) in [5, 5.41) is 46.9. The first-order chi connectivity index (χ1) is 21.0. The zero-order chi connectivity index (χ0) is 33.2. The van der Waals surface area contributed by atoms with Gasteiger partial charge in [-0.1, -0.05) is 36.4 Å². The van der Waals surface area contributed by atoms with Gasteiger partial charge in [0.05, 0.1) is 29.5 Å². The molecule has 1 heterocycles. The van der Waals surface area contributed by atoms with E-state index in [1.165, 1.54) is 36.4 Å². The predicted molar refractivity (Wildman–Crippen MR) is 156 cm³/mol. The van der Waals surface area contributed by atoms with Crippen LogP contribution in [0.15, 0.2) is 70.5 Å². The third-order valence-electron chi connectivity index (χ3n) is 7.19. The number of hydrogen-bond acceptors (Lipinski definition) is 12. The van der Waals surface area contributed by atoms with Gasteiger partial charge in [-0.25, -0.2) is 16.8 Å². The first-order valence-electron chi connectivity index (χ1n) is 12.4. The molecule has 0 amide bonds. The molecule has 17 nitrogen and oxygen atoms in total. The lowest BCUT2D eigenvalue weighted by atomic mass is 9.94. The van der Waals surface area contributed by atoms with Crippen molar-refractivity contribution in [3.63, 3.8) is 0 Å². The van der Waals surface area contributed by atoms with Crippen molar-refractivity contribution in [1.82, 2.24) is 4.13 Å². The van der Waals surface area contributed by atoms with Gasteiger partial charge in [0.1, 0.15) is 11.1 Å². The van der Waals surface area contributed by atoms with Gasteiger partial charge in [-0.2, -0.15) is 0 Å². The molecular formula is C26H17N5O12S2. The molecule has 0 unspecified atom stereocenters. The van der Waals surface area contributed by atoms with Crippen molar-refractivity contribution < 1.29 is 36.5 Å². The summed E-state index contributed by atoms with van der Waals surface area (Å²) in [6.07, 6.45) is 0. The second-order valence-electron chi connectivity index (χ2n) is 9.76. The average Bonchev–Trinajstić information content (AvgIpc) is 3.02. The number of nitro benzene ring substituents is 4. The van der Waals surface area contributed by atoms with Crippen LogP contribution in [-0.2, 0) is 20.0 Å². The standard InChI is InChI=1S/C26H17N5O12S2/c1-13-21(28(32)33)9-15(10-22(13)29(34)35)17-5-3-7-19-20-8-4-6-18(26(20)45(42,43)27-44(40,41)25(17)19)16-11-23(30(36)37)14(2)24(12-16)31(38)39/h3-12,27H,1-2H3. The Labute approximate surface area is 252 Å². The van der Waals surface area contributed by atoms with E-state index in [0.29, 0.717) is 0 Å². The Morgan fingerprint density at radius 2 is 0.778 bits per heavy atom. The highest BCUT2D eigenvalue weighted by atomic mass is 32.3. The molecule has 4 aromatic carbocycles. The number of rotatable bonds is 6. The molecule has 0 saturated carbocycles. The quantitative estimate of drug-likeness (QED) is 0.215. The van der Waals surface area contributed by atoms with Gasteiger partial charge in [0.25, 0.3) is 42.8 Å². The van der Waals surface area contributed by atoms with Crippen LogP contribution in [0.25, 0.3) is 33.4 Å². The molecule has 1 aliphatic rings. The minimum absolute atomic E-state index is 0.236. The Morgan fingerprint density at radius 3 is 1.04 bits per heavy atom. The zero-order valence-electron chi connectivity index (χ0n) is 22.8. The van der Waals surface area contributed by atoms with Gasteiger partial charge in [-0.15, -0.1) is 4.13 Å². The molecule has 19 heteroatoms. The van der Waals surface area contributed by atoms with E-state index >= 15 is 0 Å². The van der Waals surface area contributed by atoms with Crippen molar-refractivity contribution in [2.24, 2.45) is 0 Å². The molecule has 1 N–H and O–H groups in total. The van der Waals surface area contributed by atoms with E-state index in [1.54, 1.807) is 4.13 Å². The molecule has 230 valence electrons. The van der Waals surface area contributed by atoms with E-state index in [4.69, 9.17) is 0 Å². The van der Waals surface area contributed by atoms with Gasteiger partial charge >= 0.3 is 0 Å². The topological polar surface area (TPSA) is 253 Å². The van der Waals surface area contributed by atoms with Crippen LogP contribution in [0.4, 0.5) is 22.7 Å². The lowest BCUT2D eigenvalue weighted by Crippen LogP contribution is -2.30. The van der Waals surface area contributed by atoms with Crippen LogP contribution in [0, 0.1) is 54.3 Å². The van der Waals surface area contributed by atoms with Crippen LogP contribution in [0.5, 0.6) is 0 Å².